The first-order valence-corrected chi connectivity index (χ1v) is 11.8. The Morgan fingerprint density at radius 1 is 1.00 bits per heavy atom. The van der Waals surface area contributed by atoms with E-state index in [4.69, 9.17) is 18.9 Å². The number of benzene rings is 2. The molecule has 0 bridgehead atoms. The summed E-state index contributed by atoms with van der Waals surface area (Å²) >= 11 is 0. The van der Waals surface area contributed by atoms with E-state index in [1.807, 2.05) is 6.92 Å². The first-order chi connectivity index (χ1) is 17.0. The van der Waals surface area contributed by atoms with Gasteiger partial charge in [0.2, 0.25) is 0 Å². The van der Waals surface area contributed by atoms with Crippen LogP contribution in [0.3, 0.4) is 0 Å². The van der Waals surface area contributed by atoms with E-state index >= 15 is 0 Å². The number of ketones is 1. The van der Waals surface area contributed by atoms with Crippen molar-refractivity contribution < 1.29 is 33.6 Å². The summed E-state index contributed by atoms with van der Waals surface area (Å²) in [5.41, 5.74) is 1.00. The van der Waals surface area contributed by atoms with E-state index in [0.717, 1.165) is 12.8 Å². The Morgan fingerprint density at radius 3 is 2.49 bits per heavy atom. The van der Waals surface area contributed by atoms with Crippen LogP contribution in [0.1, 0.15) is 43.9 Å². The maximum Gasteiger partial charge on any atom is 0.295 e. The molecule has 0 saturated carbocycles. The molecular weight excluding hydrogens is 450 g/mol. The molecule has 0 radical (unpaired) electrons. The van der Waals surface area contributed by atoms with Gasteiger partial charge in [-0.1, -0.05) is 31.5 Å². The van der Waals surface area contributed by atoms with Gasteiger partial charge in [-0.3, -0.25) is 9.59 Å². The highest BCUT2D eigenvalue weighted by Gasteiger charge is 2.46. The summed E-state index contributed by atoms with van der Waals surface area (Å²) in [7, 11) is 3.06. The number of hydrogen-bond donors (Lipinski definition) is 1. The topological polar surface area (TPSA) is 94.5 Å². The maximum absolute atomic E-state index is 13.1. The number of Topliss-reactive ketones (excluding diaryl/α,β-unsaturated/α-hetero) is 1. The molecule has 0 aliphatic carbocycles. The number of unbranched alkanes of at least 4 members (excludes halogenated alkanes) is 1. The average Bonchev–Trinajstić information content (AvgIpc) is 3.12. The Kier molecular flexibility index (Phi) is 9.14. The number of nitrogens with zero attached hydrogens (tertiary/aromatic N) is 1. The van der Waals surface area contributed by atoms with Crippen LogP contribution in [0.2, 0.25) is 0 Å². The fourth-order valence-electron chi connectivity index (χ4n) is 4.00. The Bertz CT molecular complexity index is 1080. The summed E-state index contributed by atoms with van der Waals surface area (Å²) in [4.78, 5) is 27.6. The zero-order chi connectivity index (χ0) is 25.4. The van der Waals surface area contributed by atoms with Crippen LogP contribution in [0, 0.1) is 0 Å². The molecule has 1 heterocycles. The summed E-state index contributed by atoms with van der Waals surface area (Å²) in [6.07, 6.45) is 1.90. The van der Waals surface area contributed by atoms with Gasteiger partial charge in [-0.15, -0.1) is 0 Å². The molecule has 188 valence electrons. The van der Waals surface area contributed by atoms with Crippen LogP contribution < -0.4 is 14.2 Å². The van der Waals surface area contributed by atoms with Crippen LogP contribution in [0.15, 0.2) is 48.0 Å². The first-order valence-electron chi connectivity index (χ1n) is 11.8. The first kappa shape index (κ1) is 26.1. The van der Waals surface area contributed by atoms with Gasteiger partial charge in [0.1, 0.15) is 11.5 Å². The van der Waals surface area contributed by atoms with E-state index in [1.54, 1.807) is 42.5 Å². The van der Waals surface area contributed by atoms with E-state index in [-0.39, 0.29) is 24.5 Å². The van der Waals surface area contributed by atoms with Crippen molar-refractivity contribution in [3.8, 4) is 17.2 Å². The number of aliphatic hydroxyl groups is 1. The van der Waals surface area contributed by atoms with Gasteiger partial charge in [0.05, 0.1) is 38.5 Å². The van der Waals surface area contributed by atoms with E-state index < -0.39 is 17.7 Å². The largest absolute Gasteiger partial charge is 0.507 e. The molecule has 1 saturated heterocycles. The standard InChI is InChI=1S/C27H33NO7/c1-5-7-14-35-21-12-11-18(17-22(21)33-4)24-23(26(30)27(31)28(24)13-15-32-3)25(29)19-9-8-10-20(16-19)34-6-2/h8-12,16-17,24,29H,5-7,13-15H2,1-4H3. The smallest absolute Gasteiger partial charge is 0.295 e. The molecule has 1 unspecified atom stereocenters. The number of methoxy groups -OCH3 is 2. The number of hydrogen-bond acceptors (Lipinski definition) is 7. The number of rotatable bonds is 12. The Balaban J connectivity index is 2.11. The molecule has 1 N–H and O–H groups in total. The molecule has 1 fully saturated rings. The molecule has 0 aromatic heterocycles. The SMILES string of the molecule is CCCCOc1ccc(C2C(=C(O)c3cccc(OCC)c3)C(=O)C(=O)N2CCOC)cc1OC. The lowest BCUT2D eigenvalue weighted by atomic mass is 9.95. The molecule has 1 atom stereocenters. The summed E-state index contributed by atoms with van der Waals surface area (Å²) in [5, 5.41) is 11.2. The quantitative estimate of drug-likeness (QED) is 0.208. The van der Waals surface area contributed by atoms with Crippen LogP contribution in [0.5, 0.6) is 17.2 Å². The van der Waals surface area contributed by atoms with Crippen molar-refractivity contribution in [3.63, 3.8) is 0 Å². The number of aliphatic hydroxyl groups excluding tert-OH is 1. The second kappa shape index (κ2) is 12.3. The highest BCUT2D eigenvalue weighted by Crippen LogP contribution is 2.42. The zero-order valence-corrected chi connectivity index (χ0v) is 20.7. The van der Waals surface area contributed by atoms with Gasteiger partial charge < -0.3 is 29.0 Å². The number of amides is 1. The van der Waals surface area contributed by atoms with Crippen LogP contribution in [0.4, 0.5) is 0 Å². The highest BCUT2D eigenvalue weighted by molar-refractivity contribution is 6.46. The zero-order valence-electron chi connectivity index (χ0n) is 20.7. The van der Waals surface area contributed by atoms with Crippen molar-refractivity contribution in [3.05, 3.63) is 59.2 Å². The molecule has 3 rings (SSSR count). The van der Waals surface area contributed by atoms with Gasteiger partial charge in [0.15, 0.2) is 11.5 Å². The molecule has 1 aliphatic rings. The Morgan fingerprint density at radius 2 is 1.80 bits per heavy atom. The molecular formula is C27H33NO7. The Labute approximate surface area is 206 Å². The van der Waals surface area contributed by atoms with Gasteiger partial charge in [-0.25, -0.2) is 0 Å². The predicted molar refractivity (Wildman–Crippen MR) is 132 cm³/mol. The molecule has 8 nitrogen and oxygen atoms in total. The molecule has 8 heteroatoms. The van der Waals surface area contributed by atoms with E-state index in [1.165, 1.54) is 19.1 Å². The van der Waals surface area contributed by atoms with Crippen LogP contribution in [-0.4, -0.2) is 62.3 Å². The minimum atomic E-state index is -0.820. The lowest BCUT2D eigenvalue weighted by molar-refractivity contribution is -0.140. The van der Waals surface area contributed by atoms with Crippen LogP contribution in [0.25, 0.3) is 5.76 Å². The van der Waals surface area contributed by atoms with Crippen LogP contribution in [-0.2, 0) is 14.3 Å². The number of carbonyl (C=O) groups is 2. The summed E-state index contributed by atoms with van der Waals surface area (Å²) in [6, 6.07) is 11.3. The van der Waals surface area contributed by atoms with Gasteiger partial charge in [0.25, 0.3) is 11.7 Å². The average molecular weight is 484 g/mol. The number of ether oxygens (including phenoxy) is 4. The second-order valence-corrected chi connectivity index (χ2v) is 8.06. The molecule has 1 amide bonds. The number of likely N-dealkylation sites (tertiary alicyclic amines) is 1. The summed E-state index contributed by atoms with van der Waals surface area (Å²) < 4.78 is 22.1. The summed E-state index contributed by atoms with van der Waals surface area (Å²) in [6.45, 7) is 5.36. The second-order valence-electron chi connectivity index (χ2n) is 8.06. The van der Waals surface area contributed by atoms with Crippen molar-refractivity contribution in [2.45, 2.75) is 32.7 Å². The monoisotopic (exact) mass is 483 g/mol. The third-order valence-electron chi connectivity index (χ3n) is 5.75. The predicted octanol–water partition coefficient (Wildman–Crippen LogP) is 4.34. The van der Waals surface area contributed by atoms with Crippen molar-refractivity contribution in [1.82, 2.24) is 4.90 Å². The van der Waals surface area contributed by atoms with Crippen molar-refractivity contribution in [2.24, 2.45) is 0 Å². The maximum atomic E-state index is 13.1. The third-order valence-corrected chi connectivity index (χ3v) is 5.75. The van der Waals surface area contributed by atoms with E-state index in [2.05, 4.69) is 6.92 Å². The molecule has 2 aromatic rings. The minimum absolute atomic E-state index is 0.00135. The van der Waals surface area contributed by atoms with Gasteiger partial charge in [-0.05, 0) is 43.2 Å². The third kappa shape index (κ3) is 5.77. The Hall–Kier alpha value is -3.52. The molecule has 2 aromatic carbocycles. The van der Waals surface area contributed by atoms with E-state index in [0.29, 0.717) is 41.6 Å². The minimum Gasteiger partial charge on any atom is -0.507 e. The fraction of sp³-hybridized carbons (Fsp3) is 0.407. The lowest BCUT2D eigenvalue weighted by Crippen LogP contribution is -2.32. The van der Waals surface area contributed by atoms with E-state index in [9.17, 15) is 14.7 Å². The van der Waals surface area contributed by atoms with Crippen molar-refractivity contribution in [2.75, 3.05) is 40.6 Å². The van der Waals surface area contributed by atoms with Crippen LogP contribution >= 0.6 is 0 Å². The lowest BCUT2D eigenvalue weighted by Gasteiger charge is -2.25. The highest BCUT2D eigenvalue weighted by atomic mass is 16.5. The molecule has 35 heavy (non-hydrogen) atoms. The van der Waals surface area contributed by atoms with Gasteiger partial charge in [-0.2, -0.15) is 0 Å². The fourth-order valence-corrected chi connectivity index (χ4v) is 4.00. The summed E-state index contributed by atoms with van der Waals surface area (Å²) in [5.74, 6) is -0.115. The van der Waals surface area contributed by atoms with Crippen molar-refractivity contribution in [1.29, 1.82) is 0 Å². The number of carbonyl (C=O) groups excluding carboxylic acids is 2. The van der Waals surface area contributed by atoms with Gasteiger partial charge >= 0.3 is 0 Å². The normalized spacial score (nSPS) is 17.0. The molecule has 0 spiro atoms. The molecule has 1 aliphatic heterocycles. The van der Waals surface area contributed by atoms with Gasteiger partial charge in [0, 0.05) is 19.2 Å². The van der Waals surface area contributed by atoms with Crippen molar-refractivity contribution >= 4 is 17.4 Å².